The van der Waals surface area contributed by atoms with Crippen LogP contribution in [0.4, 0.5) is 17.1 Å². The molecule has 0 saturated heterocycles. The third-order valence-electron chi connectivity index (χ3n) is 13.4. The molecule has 2 heterocycles. The fourth-order valence-electron chi connectivity index (χ4n) is 10.4. The quantitative estimate of drug-likeness (QED) is 0.160. The van der Waals surface area contributed by atoms with Crippen LogP contribution in [0.15, 0.2) is 245 Å². The minimum atomic E-state index is -0.482. The third kappa shape index (κ3) is 5.54. The number of benzene rings is 10. The molecule has 0 aliphatic heterocycles. The zero-order valence-electron chi connectivity index (χ0n) is 34.8. The van der Waals surface area contributed by atoms with Crippen molar-refractivity contribution in [3.05, 3.63) is 259 Å². The summed E-state index contributed by atoms with van der Waals surface area (Å²) in [5.41, 5.74) is 18.4. The lowest BCUT2D eigenvalue weighted by Gasteiger charge is -2.33. The molecule has 0 spiro atoms. The van der Waals surface area contributed by atoms with E-state index in [0.29, 0.717) is 0 Å². The summed E-state index contributed by atoms with van der Waals surface area (Å²) < 4.78 is 13.0. The average molecular weight is 818 g/mol. The van der Waals surface area contributed by atoms with Crippen molar-refractivity contribution < 1.29 is 8.83 Å². The molecule has 0 saturated carbocycles. The summed E-state index contributed by atoms with van der Waals surface area (Å²) in [7, 11) is 0. The first-order chi connectivity index (χ1) is 31.7. The minimum absolute atomic E-state index is 0.482. The molecule has 3 nitrogen and oxygen atoms in total. The standard InChI is InChI=1S/C61H39NO2/c1-4-14-40(15-5-1)41-24-29-46(30-25-41)62(48-33-35-59-53(37-48)50-21-11-13-23-57(50)63-59)47-31-26-42(27-32-47)43-28-34-58-52(36-43)54-38-51-49-20-10-12-22-55(49)61(44-16-6-2-7-17-44,45-18-8-3-9-19-45)56(51)39-60(54)64-58/h1-39H. The molecule has 0 amide bonds. The highest BCUT2D eigenvalue weighted by molar-refractivity contribution is 6.10. The molecule has 2 aromatic heterocycles. The molecule has 0 radical (unpaired) electrons. The highest BCUT2D eigenvalue weighted by atomic mass is 16.3. The Labute approximate surface area is 370 Å². The molecule has 12 aromatic rings. The van der Waals surface area contributed by atoms with Gasteiger partial charge in [-0.25, -0.2) is 0 Å². The molecule has 13 rings (SSSR count). The number of furan rings is 2. The molecule has 64 heavy (non-hydrogen) atoms. The van der Waals surface area contributed by atoms with Crippen molar-refractivity contribution in [3.8, 4) is 33.4 Å². The monoisotopic (exact) mass is 817 g/mol. The van der Waals surface area contributed by atoms with Crippen LogP contribution in [-0.2, 0) is 5.41 Å². The van der Waals surface area contributed by atoms with Crippen LogP contribution in [0.3, 0.4) is 0 Å². The predicted octanol–water partition coefficient (Wildman–Crippen LogP) is 16.7. The fourth-order valence-corrected chi connectivity index (χ4v) is 10.4. The molecule has 300 valence electrons. The first-order valence-corrected chi connectivity index (χ1v) is 21.9. The van der Waals surface area contributed by atoms with Gasteiger partial charge in [0.25, 0.3) is 0 Å². The molecule has 0 fully saturated rings. The van der Waals surface area contributed by atoms with Gasteiger partial charge in [-0.3, -0.25) is 0 Å². The second-order valence-corrected chi connectivity index (χ2v) is 16.8. The summed E-state index contributed by atoms with van der Waals surface area (Å²) in [4.78, 5) is 2.33. The first-order valence-electron chi connectivity index (χ1n) is 21.9. The van der Waals surface area contributed by atoms with Crippen molar-refractivity contribution >= 4 is 60.9 Å². The summed E-state index contributed by atoms with van der Waals surface area (Å²) in [5, 5.41) is 4.43. The molecule has 0 N–H and O–H groups in total. The van der Waals surface area contributed by atoms with E-state index < -0.39 is 5.41 Å². The Morgan fingerprint density at radius 2 is 0.766 bits per heavy atom. The van der Waals surface area contributed by atoms with E-state index in [1.54, 1.807) is 0 Å². The van der Waals surface area contributed by atoms with Gasteiger partial charge >= 0.3 is 0 Å². The van der Waals surface area contributed by atoms with Crippen LogP contribution in [0.1, 0.15) is 22.3 Å². The van der Waals surface area contributed by atoms with Gasteiger partial charge in [0.15, 0.2) is 0 Å². The third-order valence-corrected chi connectivity index (χ3v) is 13.4. The van der Waals surface area contributed by atoms with E-state index in [2.05, 4.69) is 229 Å². The summed E-state index contributed by atoms with van der Waals surface area (Å²) in [6.45, 7) is 0. The molecule has 10 aromatic carbocycles. The first kappa shape index (κ1) is 36.3. The smallest absolute Gasteiger partial charge is 0.135 e. The Hall–Kier alpha value is -8.40. The van der Waals surface area contributed by atoms with Crippen LogP contribution >= 0.6 is 0 Å². The number of para-hydroxylation sites is 1. The normalized spacial score (nSPS) is 12.8. The second kappa shape index (κ2) is 14.3. The molecule has 0 bridgehead atoms. The Kier molecular flexibility index (Phi) is 8.13. The van der Waals surface area contributed by atoms with E-state index in [1.807, 2.05) is 12.1 Å². The van der Waals surface area contributed by atoms with Crippen molar-refractivity contribution in [1.29, 1.82) is 0 Å². The molecular weight excluding hydrogens is 779 g/mol. The van der Waals surface area contributed by atoms with Gasteiger partial charge in [0, 0.05) is 38.6 Å². The summed E-state index contributed by atoms with van der Waals surface area (Å²) in [6.07, 6.45) is 0. The predicted molar refractivity (Wildman–Crippen MR) is 264 cm³/mol. The van der Waals surface area contributed by atoms with Gasteiger partial charge in [-0.15, -0.1) is 0 Å². The van der Waals surface area contributed by atoms with E-state index in [0.717, 1.165) is 72.1 Å². The number of hydrogen-bond donors (Lipinski definition) is 0. The average Bonchev–Trinajstić information content (AvgIpc) is 4.02. The maximum absolute atomic E-state index is 6.76. The van der Waals surface area contributed by atoms with Crippen LogP contribution in [0.2, 0.25) is 0 Å². The summed E-state index contributed by atoms with van der Waals surface area (Å²) in [5.74, 6) is 0. The van der Waals surface area contributed by atoms with Crippen molar-refractivity contribution in [2.24, 2.45) is 0 Å². The van der Waals surface area contributed by atoms with Crippen LogP contribution in [-0.4, -0.2) is 0 Å². The highest BCUT2D eigenvalue weighted by Crippen LogP contribution is 2.57. The fraction of sp³-hybridized carbons (Fsp3) is 0.0164. The van der Waals surface area contributed by atoms with Gasteiger partial charge < -0.3 is 13.7 Å². The number of nitrogens with zero attached hydrogens (tertiary/aromatic N) is 1. The van der Waals surface area contributed by atoms with Crippen molar-refractivity contribution in [2.45, 2.75) is 5.41 Å². The van der Waals surface area contributed by atoms with E-state index in [9.17, 15) is 0 Å². The van der Waals surface area contributed by atoms with Gasteiger partial charge in [0.1, 0.15) is 22.3 Å². The van der Waals surface area contributed by atoms with E-state index in [1.165, 1.54) is 44.5 Å². The summed E-state index contributed by atoms with van der Waals surface area (Å²) in [6, 6.07) is 85.1. The lowest BCUT2D eigenvalue weighted by molar-refractivity contribution is 0.666. The van der Waals surface area contributed by atoms with E-state index in [-0.39, 0.29) is 0 Å². The maximum Gasteiger partial charge on any atom is 0.135 e. The summed E-state index contributed by atoms with van der Waals surface area (Å²) >= 11 is 0. The van der Waals surface area contributed by atoms with Crippen molar-refractivity contribution in [1.82, 2.24) is 0 Å². The highest BCUT2D eigenvalue weighted by Gasteiger charge is 2.46. The maximum atomic E-state index is 6.76. The Morgan fingerprint density at radius 3 is 1.47 bits per heavy atom. The second-order valence-electron chi connectivity index (χ2n) is 16.8. The van der Waals surface area contributed by atoms with Gasteiger partial charge in [0.05, 0.1) is 5.41 Å². The van der Waals surface area contributed by atoms with Crippen LogP contribution in [0.25, 0.3) is 77.3 Å². The van der Waals surface area contributed by atoms with Gasteiger partial charge in [-0.1, -0.05) is 164 Å². The number of fused-ring (bicyclic) bond motifs is 9. The zero-order valence-corrected chi connectivity index (χ0v) is 34.8. The Morgan fingerprint density at radius 1 is 0.281 bits per heavy atom. The minimum Gasteiger partial charge on any atom is -0.456 e. The number of hydrogen-bond acceptors (Lipinski definition) is 3. The molecule has 0 atom stereocenters. The van der Waals surface area contributed by atoms with Crippen molar-refractivity contribution in [2.75, 3.05) is 4.90 Å². The van der Waals surface area contributed by atoms with E-state index >= 15 is 0 Å². The molecular formula is C61H39NO2. The van der Waals surface area contributed by atoms with E-state index in [4.69, 9.17) is 8.83 Å². The van der Waals surface area contributed by atoms with Gasteiger partial charge in [-0.05, 0) is 128 Å². The van der Waals surface area contributed by atoms with Gasteiger partial charge in [-0.2, -0.15) is 0 Å². The molecule has 1 aliphatic rings. The number of anilines is 3. The Bertz CT molecular complexity index is 3660. The lowest BCUT2D eigenvalue weighted by Crippen LogP contribution is -2.28. The van der Waals surface area contributed by atoms with Gasteiger partial charge in [0.2, 0.25) is 0 Å². The van der Waals surface area contributed by atoms with Crippen LogP contribution in [0, 0.1) is 0 Å². The lowest BCUT2D eigenvalue weighted by atomic mass is 9.67. The molecule has 0 unspecified atom stereocenters. The van der Waals surface area contributed by atoms with Crippen molar-refractivity contribution in [3.63, 3.8) is 0 Å². The largest absolute Gasteiger partial charge is 0.456 e. The number of rotatable bonds is 7. The zero-order chi connectivity index (χ0) is 42.2. The molecule has 3 heteroatoms. The molecule has 1 aliphatic carbocycles. The topological polar surface area (TPSA) is 29.5 Å². The SMILES string of the molecule is c1ccc(-c2ccc(N(c3ccc(-c4ccc5oc6cc7c(cc6c5c4)-c4ccccc4C7(c4ccccc4)c4ccccc4)cc3)c3ccc4oc5ccccc5c4c3)cc2)cc1. The Balaban J connectivity index is 0.919. The van der Waals surface area contributed by atoms with Crippen LogP contribution in [0.5, 0.6) is 0 Å². The van der Waals surface area contributed by atoms with Crippen LogP contribution < -0.4 is 4.90 Å².